The van der Waals surface area contributed by atoms with Crippen molar-refractivity contribution in [2.45, 2.75) is 207 Å². The summed E-state index contributed by atoms with van der Waals surface area (Å²) >= 11 is 0. The van der Waals surface area contributed by atoms with Gasteiger partial charge in [-0.25, -0.2) is 4.57 Å². The Labute approximate surface area is 258 Å². The first-order valence-corrected chi connectivity index (χ1v) is 19.5. The molecule has 0 saturated carbocycles. The van der Waals surface area contributed by atoms with Crippen molar-refractivity contribution in [3.63, 3.8) is 0 Å². The molecule has 0 fully saturated rings. The predicted octanol–water partition coefficient (Wildman–Crippen LogP) is 13.2. The molecule has 5 heteroatoms. The van der Waals surface area contributed by atoms with Crippen LogP contribution < -0.4 is 0 Å². The molecule has 0 aliphatic rings. The fourth-order valence-electron chi connectivity index (χ4n) is 4.64. The van der Waals surface area contributed by atoms with Crippen LogP contribution in [0, 0.1) is 0 Å². The average molecular weight is 603 g/mol. The number of unbranched alkanes of at least 4 members (excludes halogenated alkanes) is 24. The Balaban J connectivity index is -0.000000604. The number of hydrogen-bond donors (Lipinski definition) is 3. The minimum atomic E-state index is -4.64. The fourth-order valence-corrected chi connectivity index (χ4v) is 4.64. The maximum absolute atomic E-state index is 8.88. The van der Waals surface area contributed by atoms with Crippen molar-refractivity contribution < 1.29 is 19.2 Å². The molecule has 41 heavy (non-hydrogen) atoms. The average Bonchev–Trinajstić information content (AvgIpc) is 2.93. The molecular weight excluding hydrogens is 527 g/mol. The normalized spacial score (nSPS) is 11.5. The Morgan fingerprint density at radius 3 is 0.659 bits per heavy atom. The van der Waals surface area contributed by atoms with Gasteiger partial charge in [-0.2, -0.15) is 0 Å². The van der Waals surface area contributed by atoms with Crippen LogP contribution in [0.15, 0.2) is 24.3 Å². The van der Waals surface area contributed by atoms with Gasteiger partial charge in [-0.1, -0.05) is 180 Å². The molecule has 3 N–H and O–H groups in total. The second-order valence-corrected chi connectivity index (χ2v) is 12.7. The van der Waals surface area contributed by atoms with Crippen LogP contribution in [0.3, 0.4) is 0 Å². The van der Waals surface area contributed by atoms with E-state index in [0.29, 0.717) is 0 Å². The number of rotatable bonds is 28. The molecule has 0 unspecified atom stereocenters. The van der Waals surface area contributed by atoms with Gasteiger partial charge in [-0.15, -0.1) is 0 Å². The molecule has 0 rings (SSSR count). The summed E-state index contributed by atoms with van der Waals surface area (Å²) in [7, 11) is -4.64. The molecule has 0 saturated heterocycles. The van der Waals surface area contributed by atoms with E-state index in [9.17, 15) is 0 Å². The fraction of sp³-hybridized carbons (Fsp3) is 0.889. The molecule has 248 valence electrons. The molecule has 0 spiro atoms. The van der Waals surface area contributed by atoms with E-state index in [-0.39, 0.29) is 0 Å². The highest BCUT2D eigenvalue weighted by Gasteiger charge is 2.00. The van der Waals surface area contributed by atoms with E-state index in [1.807, 2.05) is 0 Å². The third-order valence-corrected chi connectivity index (χ3v) is 7.23. The van der Waals surface area contributed by atoms with Gasteiger partial charge in [-0.3, -0.25) is 0 Å². The van der Waals surface area contributed by atoms with Crippen LogP contribution in [0.1, 0.15) is 207 Å². The summed E-state index contributed by atoms with van der Waals surface area (Å²) in [5, 5.41) is 0. The van der Waals surface area contributed by atoms with E-state index in [2.05, 4.69) is 52.0 Å². The van der Waals surface area contributed by atoms with E-state index in [1.165, 1.54) is 180 Å². The van der Waals surface area contributed by atoms with E-state index in [0.717, 1.165) is 0 Å². The van der Waals surface area contributed by atoms with Crippen molar-refractivity contribution >= 4 is 7.82 Å². The second-order valence-electron chi connectivity index (χ2n) is 11.7. The third-order valence-electron chi connectivity index (χ3n) is 7.23. The number of phosphoric acid groups is 1. The molecule has 0 radical (unpaired) electrons. The Morgan fingerprint density at radius 1 is 0.341 bits per heavy atom. The van der Waals surface area contributed by atoms with E-state index in [4.69, 9.17) is 19.2 Å². The van der Waals surface area contributed by atoms with Gasteiger partial charge in [0.15, 0.2) is 0 Å². The van der Waals surface area contributed by atoms with Crippen molar-refractivity contribution in [1.82, 2.24) is 0 Å². The lowest BCUT2D eigenvalue weighted by atomic mass is 10.1. The lowest BCUT2D eigenvalue weighted by Crippen LogP contribution is -1.79. The summed E-state index contributed by atoms with van der Waals surface area (Å²) < 4.78 is 8.88. The van der Waals surface area contributed by atoms with Crippen LogP contribution in [0.25, 0.3) is 0 Å². The largest absolute Gasteiger partial charge is 0.466 e. The molecule has 0 atom stereocenters. The van der Waals surface area contributed by atoms with Gasteiger partial charge in [-0.05, 0) is 51.4 Å². The van der Waals surface area contributed by atoms with Crippen LogP contribution in [0.4, 0.5) is 0 Å². The smallest absolute Gasteiger partial charge is 0.303 e. The molecule has 0 aromatic heterocycles. The Hall–Kier alpha value is -0.410. The molecule has 0 bridgehead atoms. The molecular formula is C36H75O4P. The molecule has 0 amide bonds. The van der Waals surface area contributed by atoms with Crippen molar-refractivity contribution in [1.29, 1.82) is 0 Å². The highest BCUT2D eigenvalue weighted by Crippen LogP contribution is 2.25. The number of hydrogen-bond acceptors (Lipinski definition) is 1. The lowest BCUT2D eigenvalue weighted by molar-refractivity contribution is 0.275. The van der Waals surface area contributed by atoms with Crippen molar-refractivity contribution in [2.24, 2.45) is 0 Å². The minimum absolute atomic E-state index is 1.31. The summed E-state index contributed by atoms with van der Waals surface area (Å²) in [5.41, 5.74) is 0. The van der Waals surface area contributed by atoms with E-state index >= 15 is 0 Å². The first kappa shape index (κ1) is 45.0. The molecule has 0 heterocycles. The second kappa shape index (κ2) is 41.7. The van der Waals surface area contributed by atoms with Gasteiger partial charge < -0.3 is 14.7 Å². The predicted molar refractivity (Wildman–Crippen MR) is 185 cm³/mol. The van der Waals surface area contributed by atoms with Crippen LogP contribution >= 0.6 is 7.82 Å². The van der Waals surface area contributed by atoms with Gasteiger partial charge in [0.25, 0.3) is 0 Å². The first-order valence-electron chi connectivity index (χ1n) is 17.9. The lowest BCUT2D eigenvalue weighted by Gasteiger charge is -1.98. The highest BCUT2D eigenvalue weighted by molar-refractivity contribution is 7.45. The van der Waals surface area contributed by atoms with Crippen LogP contribution in [-0.4, -0.2) is 14.7 Å². The summed E-state index contributed by atoms with van der Waals surface area (Å²) in [6, 6.07) is 0. The first-order chi connectivity index (χ1) is 19.8. The SMILES string of the molecule is CCCCCCCCC=CCCCCCCCC.CCCCCCCCC=CCCCCCCCC.O=P(O)(O)O. The quantitative estimate of drug-likeness (QED) is 0.0473. The summed E-state index contributed by atoms with van der Waals surface area (Å²) in [4.78, 5) is 21.6. The molecule has 4 nitrogen and oxygen atoms in total. The molecule has 0 aliphatic carbocycles. The molecule has 0 aromatic rings. The van der Waals surface area contributed by atoms with Crippen LogP contribution in [-0.2, 0) is 4.57 Å². The number of allylic oxidation sites excluding steroid dienone is 4. The van der Waals surface area contributed by atoms with Crippen molar-refractivity contribution in [2.75, 3.05) is 0 Å². The zero-order valence-corrected chi connectivity index (χ0v) is 29.2. The maximum Gasteiger partial charge on any atom is 0.466 e. The van der Waals surface area contributed by atoms with Gasteiger partial charge in [0.05, 0.1) is 0 Å². The summed E-state index contributed by atoms with van der Waals surface area (Å²) in [6.07, 6.45) is 48.9. The van der Waals surface area contributed by atoms with Gasteiger partial charge in [0, 0.05) is 0 Å². The van der Waals surface area contributed by atoms with Crippen molar-refractivity contribution in [3.8, 4) is 0 Å². The van der Waals surface area contributed by atoms with Crippen LogP contribution in [0.5, 0.6) is 0 Å². The summed E-state index contributed by atoms with van der Waals surface area (Å²) in [5.74, 6) is 0. The standard InChI is InChI=1S/2C18H36.H3O4P/c2*1-3-5-7-9-11-13-15-17-18-16-14-12-10-8-6-4-2;1-5(2,3)4/h2*17-18H,3-16H2,1-2H3;(H3,1,2,3,4). The van der Waals surface area contributed by atoms with E-state index < -0.39 is 7.82 Å². The van der Waals surface area contributed by atoms with E-state index in [1.54, 1.807) is 0 Å². The van der Waals surface area contributed by atoms with Crippen LogP contribution in [0.2, 0.25) is 0 Å². The van der Waals surface area contributed by atoms with Gasteiger partial charge in [0.2, 0.25) is 0 Å². The topological polar surface area (TPSA) is 77.8 Å². The Morgan fingerprint density at radius 2 is 0.488 bits per heavy atom. The molecule has 0 aromatic carbocycles. The monoisotopic (exact) mass is 603 g/mol. The maximum atomic E-state index is 8.88. The van der Waals surface area contributed by atoms with Gasteiger partial charge >= 0.3 is 7.82 Å². The Bertz CT molecular complexity index is 459. The summed E-state index contributed by atoms with van der Waals surface area (Å²) in [6.45, 7) is 9.13. The van der Waals surface area contributed by atoms with Crippen molar-refractivity contribution in [3.05, 3.63) is 24.3 Å². The zero-order chi connectivity index (χ0) is 31.1. The molecule has 0 aliphatic heterocycles. The highest BCUT2D eigenvalue weighted by atomic mass is 31.2. The Kier molecular flexibility index (Phi) is 45.8. The van der Waals surface area contributed by atoms with Gasteiger partial charge in [0.1, 0.15) is 0 Å². The zero-order valence-electron chi connectivity index (χ0n) is 28.3. The minimum Gasteiger partial charge on any atom is -0.303 e. The third kappa shape index (κ3) is 63.9.